The van der Waals surface area contributed by atoms with Gasteiger partial charge < -0.3 is 15.4 Å². The van der Waals surface area contributed by atoms with Crippen LogP contribution in [0.4, 0.5) is 11.4 Å². The van der Waals surface area contributed by atoms with Gasteiger partial charge in [0.2, 0.25) is 5.91 Å². The SMILES string of the molecule is Cc1cccc(OCC(=O)Nc2cccc(NC(=O)C34CC5CC(CC(C5)C3)C4)c2)c1. The lowest BCUT2D eigenvalue weighted by molar-refractivity contribution is -0.140. The molecule has 162 valence electrons. The highest BCUT2D eigenvalue weighted by Crippen LogP contribution is 2.60. The number of hydrogen-bond donors (Lipinski definition) is 2. The highest BCUT2D eigenvalue weighted by molar-refractivity contribution is 5.97. The van der Waals surface area contributed by atoms with Crippen molar-refractivity contribution in [3.05, 3.63) is 54.1 Å². The quantitative estimate of drug-likeness (QED) is 0.680. The number of carbonyl (C=O) groups excluding carboxylic acids is 2. The van der Waals surface area contributed by atoms with E-state index in [-0.39, 0.29) is 23.8 Å². The molecule has 4 bridgehead atoms. The van der Waals surface area contributed by atoms with E-state index in [1.165, 1.54) is 19.3 Å². The molecule has 0 spiro atoms. The van der Waals surface area contributed by atoms with Gasteiger partial charge in [0.05, 0.1) is 5.41 Å². The van der Waals surface area contributed by atoms with Crippen molar-refractivity contribution < 1.29 is 14.3 Å². The van der Waals surface area contributed by atoms with Crippen molar-refractivity contribution in [3.8, 4) is 5.75 Å². The largest absolute Gasteiger partial charge is 0.484 e. The zero-order valence-electron chi connectivity index (χ0n) is 18.0. The summed E-state index contributed by atoms with van der Waals surface area (Å²) < 4.78 is 5.57. The number of carbonyl (C=O) groups is 2. The van der Waals surface area contributed by atoms with Gasteiger partial charge in [-0.05, 0) is 99.1 Å². The number of anilines is 2. The Kier molecular flexibility index (Phi) is 5.20. The van der Waals surface area contributed by atoms with Crippen LogP contribution in [0.15, 0.2) is 48.5 Å². The normalized spacial score (nSPS) is 28.2. The molecule has 4 aliphatic rings. The van der Waals surface area contributed by atoms with Gasteiger partial charge in [0.15, 0.2) is 6.61 Å². The third kappa shape index (κ3) is 4.32. The van der Waals surface area contributed by atoms with E-state index < -0.39 is 0 Å². The molecule has 0 aliphatic heterocycles. The minimum Gasteiger partial charge on any atom is -0.484 e. The van der Waals surface area contributed by atoms with Crippen LogP contribution in [0.25, 0.3) is 0 Å². The number of rotatable bonds is 6. The number of aryl methyl sites for hydroxylation is 1. The van der Waals surface area contributed by atoms with E-state index in [0.29, 0.717) is 11.4 Å². The lowest BCUT2D eigenvalue weighted by atomic mass is 9.49. The van der Waals surface area contributed by atoms with Crippen LogP contribution in [0.5, 0.6) is 5.75 Å². The number of ether oxygens (including phenoxy) is 1. The molecule has 4 saturated carbocycles. The average Bonchev–Trinajstić information content (AvgIpc) is 2.72. The maximum Gasteiger partial charge on any atom is 0.262 e. The van der Waals surface area contributed by atoms with E-state index in [4.69, 9.17) is 4.74 Å². The van der Waals surface area contributed by atoms with E-state index in [1.54, 1.807) is 0 Å². The molecule has 4 fully saturated rings. The third-order valence-corrected chi connectivity index (χ3v) is 7.28. The van der Waals surface area contributed by atoms with Crippen LogP contribution in [0.1, 0.15) is 44.1 Å². The van der Waals surface area contributed by atoms with Crippen molar-refractivity contribution in [2.45, 2.75) is 45.4 Å². The molecule has 0 saturated heterocycles. The monoisotopic (exact) mass is 418 g/mol. The highest BCUT2D eigenvalue weighted by atomic mass is 16.5. The van der Waals surface area contributed by atoms with Crippen LogP contribution in [0.3, 0.4) is 0 Å². The smallest absolute Gasteiger partial charge is 0.262 e. The minimum atomic E-state index is -0.230. The second-order valence-corrected chi connectivity index (χ2v) is 9.89. The summed E-state index contributed by atoms with van der Waals surface area (Å²) in [4.78, 5) is 25.6. The molecule has 5 nitrogen and oxygen atoms in total. The van der Waals surface area contributed by atoms with Crippen LogP contribution in [-0.2, 0) is 9.59 Å². The molecular weight excluding hydrogens is 388 g/mol. The van der Waals surface area contributed by atoms with E-state index in [9.17, 15) is 9.59 Å². The van der Waals surface area contributed by atoms with Gasteiger partial charge >= 0.3 is 0 Å². The van der Waals surface area contributed by atoms with Gasteiger partial charge in [-0.1, -0.05) is 18.2 Å². The molecule has 0 atom stereocenters. The van der Waals surface area contributed by atoms with Crippen molar-refractivity contribution in [2.75, 3.05) is 17.2 Å². The third-order valence-electron chi connectivity index (χ3n) is 7.28. The first-order valence-corrected chi connectivity index (χ1v) is 11.4. The molecule has 0 heterocycles. The van der Waals surface area contributed by atoms with Crippen molar-refractivity contribution >= 4 is 23.2 Å². The highest BCUT2D eigenvalue weighted by Gasteiger charge is 2.54. The molecule has 4 aliphatic carbocycles. The molecule has 2 N–H and O–H groups in total. The number of benzene rings is 2. The molecule has 2 amide bonds. The first-order valence-electron chi connectivity index (χ1n) is 11.4. The number of hydrogen-bond acceptors (Lipinski definition) is 3. The van der Waals surface area contributed by atoms with Gasteiger partial charge in [-0.2, -0.15) is 0 Å². The van der Waals surface area contributed by atoms with E-state index in [2.05, 4.69) is 10.6 Å². The summed E-state index contributed by atoms with van der Waals surface area (Å²) >= 11 is 0. The molecule has 0 unspecified atom stereocenters. The van der Waals surface area contributed by atoms with Gasteiger partial charge in [0.25, 0.3) is 5.91 Å². The predicted octanol–water partition coefficient (Wildman–Crippen LogP) is 5.17. The second-order valence-electron chi connectivity index (χ2n) is 9.89. The van der Waals surface area contributed by atoms with E-state index >= 15 is 0 Å². The Morgan fingerprint density at radius 2 is 1.52 bits per heavy atom. The van der Waals surface area contributed by atoms with Gasteiger partial charge in [-0.3, -0.25) is 9.59 Å². The summed E-state index contributed by atoms with van der Waals surface area (Å²) in [7, 11) is 0. The molecule has 2 aromatic rings. The molecule has 2 aromatic carbocycles. The van der Waals surface area contributed by atoms with Crippen LogP contribution < -0.4 is 15.4 Å². The Hall–Kier alpha value is -2.82. The van der Waals surface area contributed by atoms with E-state index in [1.807, 2.05) is 55.5 Å². The first kappa shape index (κ1) is 20.1. The fourth-order valence-electron chi connectivity index (χ4n) is 6.38. The number of amides is 2. The Balaban J connectivity index is 1.19. The van der Waals surface area contributed by atoms with Gasteiger partial charge in [-0.15, -0.1) is 0 Å². The molecule has 0 radical (unpaired) electrons. The summed E-state index contributed by atoms with van der Waals surface area (Å²) in [5, 5.41) is 6.02. The zero-order valence-corrected chi connectivity index (χ0v) is 18.0. The molecule has 6 rings (SSSR count). The topological polar surface area (TPSA) is 67.4 Å². The van der Waals surface area contributed by atoms with E-state index in [0.717, 1.165) is 48.3 Å². The lowest BCUT2D eigenvalue weighted by Gasteiger charge is -2.55. The summed E-state index contributed by atoms with van der Waals surface area (Å²) in [6.45, 7) is 1.92. The fraction of sp³-hybridized carbons (Fsp3) is 0.462. The minimum absolute atomic E-state index is 0.0622. The summed E-state index contributed by atoms with van der Waals surface area (Å²) in [5.74, 6) is 2.80. The Morgan fingerprint density at radius 3 is 2.16 bits per heavy atom. The van der Waals surface area contributed by atoms with Crippen LogP contribution in [0, 0.1) is 30.1 Å². The van der Waals surface area contributed by atoms with Gasteiger partial charge in [-0.25, -0.2) is 0 Å². The van der Waals surface area contributed by atoms with Crippen molar-refractivity contribution in [1.82, 2.24) is 0 Å². The molecular formula is C26H30N2O3. The summed E-state index contributed by atoms with van der Waals surface area (Å²) in [6.07, 6.45) is 7.07. The zero-order chi connectivity index (χ0) is 21.4. The van der Waals surface area contributed by atoms with Gasteiger partial charge in [0.1, 0.15) is 5.75 Å². The standard InChI is InChI=1S/C26H30N2O3/c1-17-4-2-7-23(8-17)31-16-24(29)27-21-5-3-6-22(12-21)28-25(30)26-13-18-9-19(14-26)11-20(10-18)15-26/h2-8,12,18-20H,9-11,13-16H2,1H3,(H,27,29)(H,28,30). The number of nitrogens with one attached hydrogen (secondary N) is 2. The second kappa shape index (κ2) is 8.03. The summed E-state index contributed by atoms with van der Waals surface area (Å²) in [5.41, 5.74) is 2.29. The fourth-order valence-corrected chi connectivity index (χ4v) is 6.38. The molecule has 5 heteroatoms. The van der Waals surface area contributed by atoms with Crippen LogP contribution >= 0.6 is 0 Å². The van der Waals surface area contributed by atoms with Crippen molar-refractivity contribution in [1.29, 1.82) is 0 Å². The van der Waals surface area contributed by atoms with Crippen molar-refractivity contribution in [3.63, 3.8) is 0 Å². The van der Waals surface area contributed by atoms with Crippen LogP contribution in [0.2, 0.25) is 0 Å². The Morgan fingerprint density at radius 1 is 0.903 bits per heavy atom. The maximum atomic E-state index is 13.3. The average molecular weight is 419 g/mol. The Bertz CT molecular complexity index is 964. The van der Waals surface area contributed by atoms with Crippen LogP contribution in [-0.4, -0.2) is 18.4 Å². The van der Waals surface area contributed by atoms with Crippen molar-refractivity contribution in [2.24, 2.45) is 23.2 Å². The first-order chi connectivity index (χ1) is 15.0. The predicted molar refractivity (Wildman–Crippen MR) is 121 cm³/mol. The van der Waals surface area contributed by atoms with Gasteiger partial charge in [0, 0.05) is 11.4 Å². The lowest BCUT2D eigenvalue weighted by Crippen LogP contribution is -2.51. The maximum absolute atomic E-state index is 13.3. The molecule has 0 aromatic heterocycles. The summed E-state index contributed by atoms with van der Waals surface area (Å²) in [6, 6.07) is 15.0. The molecule has 31 heavy (non-hydrogen) atoms. The Labute approximate surface area is 183 Å².